The maximum Gasteiger partial charge on any atom is 0.402 e. The van der Waals surface area contributed by atoms with Gasteiger partial charge in [-0.2, -0.15) is 8.78 Å². The Kier molecular flexibility index (Phi) is 6.94. The van der Waals surface area contributed by atoms with E-state index in [1.54, 1.807) is 18.2 Å². The fourth-order valence-electron chi connectivity index (χ4n) is 5.62. The van der Waals surface area contributed by atoms with Crippen LogP contribution < -0.4 is 15.4 Å². The fourth-order valence-corrected chi connectivity index (χ4v) is 5.62. The molecule has 6 nitrogen and oxygen atoms in total. The zero-order valence-electron chi connectivity index (χ0n) is 24.5. The van der Waals surface area contributed by atoms with Crippen molar-refractivity contribution in [1.29, 1.82) is 0 Å². The van der Waals surface area contributed by atoms with Gasteiger partial charge in [-0.3, -0.25) is 9.59 Å². The van der Waals surface area contributed by atoms with Gasteiger partial charge in [0.05, 0.1) is 23.0 Å². The van der Waals surface area contributed by atoms with Crippen molar-refractivity contribution >= 4 is 28.4 Å². The summed E-state index contributed by atoms with van der Waals surface area (Å²) < 4.78 is 49.7. The number of alkyl halides is 2. The summed E-state index contributed by atoms with van der Waals surface area (Å²) in [5, 5.41) is 6.51. The Morgan fingerprint density at radius 1 is 1.02 bits per heavy atom. The molecule has 1 aliphatic carbocycles. The highest BCUT2D eigenvalue weighted by Gasteiger charge is 2.52. The third-order valence-corrected chi connectivity index (χ3v) is 7.82. The first kappa shape index (κ1) is 29.0. The number of rotatable bonds is 7. The first-order valence-corrected chi connectivity index (χ1v) is 14.1. The van der Waals surface area contributed by atoms with Gasteiger partial charge in [-0.15, -0.1) is 0 Å². The van der Waals surface area contributed by atoms with E-state index < -0.39 is 23.8 Å². The molecule has 0 atom stereocenters. The Balaban J connectivity index is 1.38. The van der Waals surface area contributed by atoms with Gasteiger partial charge in [0.2, 0.25) is 11.8 Å². The quantitative estimate of drug-likeness (QED) is 0.328. The van der Waals surface area contributed by atoms with Crippen LogP contribution in [0.2, 0.25) is 0 Å². The maximum absolute atomic E-state index is 15.5. The van der Waals surface area contributed by atoms with Gasteiger partial charge in [0, 0.05) is 47.6 Å². The van der Waals surface area contributed by atoms with Gasteiger partial charge in [-0.05, 0) is 42.0 Å². The molecular formula is C32H38F3N3O3. The van der Waals surface area contributed by atoms with E-state index in [9.17, 15) is 18.4 Å². The molecule has 41 heavy (non-hydrogen) atoms. The van der Waals surface area contributed by atoms with E-state index in [0.29, 0.717) is 49.0 Å². The summed E-state index contributed by atoms with van der Waals surface area (Å²) in [6, 6.07) is 9.82. The normalized spacial score (nSPS) is 17.2. The molecule has 1 aliphatic heterocycles. The van der Waals surface area contributed by atoms with Crippen LogP contribution in [0.5, 0.6) is 5.75 Å². The van der Waals surface area contributed by atoms with Crippen molar-refractivity contribution in [2.24, 2.45) is 5.41 Å². The Hall–Kier alpha value is -3.49. The molecule has 5 rings (SSSR count). The predicted octanol–water partition coefficient (Wildman–Crippen LogP) is 6.83. The monoisotopic (exact) mass is 569 g/mol. The van der Waals surface area contributed by atoms with Crippen LogP contribution in [0.1, 0.15) is 77.6 Å². The topological polar surface area (TPSA) is 72.4 Å². The van der Waals surface area contributed by atoms with Gasteiger partial charge in [0.25, 0.3) is 0 Å². The Labute approximate surface area is 238 Å². The second kappa shape index (κ2) is 9.81. The van der Waals surface area contributed by atoms with Crippen LogP contribution in [0.25, 0.3) is 10.9 Å². The zero-order valence-corrected chi connectivity index (χ0v) is 24.5. The summed E-state index contributed by atoms with van der Waals surface area (Å²) >= 11 is 0. The van der Waals surface area contributed by atoms with Gasteiger partial charge < -0.3 is 19.9 Å². The summed E-state index contributed by atoms with van der Waals surface area (Å²) in [6.45, 7) is 13.1. The number of fused-ring (bicyclic) bond motifs is 2. The Morgan fingerprint density at radius 2 is 1.73 bits per heavy atom. The SMILES string of the molecule is CC(C)(C)CC(=O)NCCn1c(C(C)(C)C)cc2cc(NC(=O)C3(c4ccc5c(c4)OC(F)(F)C5)CC3)c(F)cc21. The first-order chi connectivity index (χ1) is 19.0. The lowest BCUT2D eigenvalue weighted by Gasteiger charge is -2.23. The van der Waals surface area contributed by atoms with Gasteiger partial charge >= 0.3 is 6.11 Å². The average Bonchev–Trinajstić information content (AvgIpc) is 3.48. The summed E-state index contributed by atoms with van der Waals surface area (Å²) in [4.78, 5) is 25.8. The number of ether oxygens (including phenoxy) is 1. The van der Waals surface area contributed by atoms with Gasteiger partial charge in [0.15, 0.2) is 0 Å². The van der Waals surface area contributed by atoms with E-state index in [-0.39, 0.29) is 34.1 Å². The molecule has 2 heterocycles. The molecule has 1 fully saturated rings. The molecule has 0 radical (unpaired) electrons. The number of nitrogens with one attached hydrogen (secondary N) is 2. The molecule has 0 unspecified atom stereocenters. The number of aromatic nitrogens is 1. The number of anilines is 1. The minimum atomic E-state index is -3.25. The van der Waals surface area contributed by atoms with Crippen molar-refractivity contribution in [2.75, 3.05) is 11.9 Å². The molecule has 3 aromatic rings. The number of carbonyl (C=O) groups excluding carboxylic acids is 2. The zero-order chi connectivity index (χ0) is 30.0. The average molecular weight is 570 g/mol. The van der Waals surface area contributed by atoms with Crippen molar-refractivity contribution < 1.29 is 27.5 Å². The minimum absolute atomic E-state index is 0.0277. The van der Waals surface area contributed by atoms with E-state index in [1.807, 2.05) is 31.4 Å². The highest BCUT2D eigenvalue weighted by Crippen LogP contribution is 2.51. The highest BCUT2D eigenvalue weighted by molar-refractivity contribution is 6.02. The number of halogens is 3. The van der Waals surface area contributed by atoms with Gasteiger partial charge in [-0.1, -0.05) is 53.7 Å². The molecule has 9 heteroatoms. The standard InChI is InChI=1S/C32H38F3N3O3/c1-29(2,3)18-27(39)36-11-12-38-24-16-22(33)23(13-20(24)14-26(38)30(4,5)6)37-28(40)31(9-10-31)21-8-7-19-17-32(34,35)41-25(19)15-21/h7-8,13-16H,9-12,17-18H2,1-6H3,(H,36,39)(H,37,40). The maximum atomic E-state index is 15.5. The Bertz CT molecular complexity index is 1520. The van der Waals surface area contributed by atoms with E-state index in [2.05, 4.69) is 31.4 Å². The van der Waals surface area contributed by atoms with Crippen LogP contribution in [0, 0.1) is 11.2 Å². The van der Waals surface area contributed by atoms with Crippen LogP contribution in [-0.4, -0.2) is 29.0 Å². The molecule has 1 aromatic heterocycles. The molecule has 1 saturated carbocycles. The second-order valence-electron chi connectivity index (χ2n) is 13.7. The second-order valence-corrected chi connectivity index (χ2v) is 13.7. The third-order valence-electron chi connectivity index (χ3n) is 7.82. The fraction of sp³-hybridized carbons (Fsp3) is 0.500. The first-order valence-electron chi connectivity index (χ1n) is 14.1. The summed E-state index contributed by atoms with van der Waals surface area (Å²) in [5.41, 5.74) is 1.43. The molecule has 220 valence electrons. The van der Waals surface area contributed by atoms with E-state index in [1.165, 1.54) is 12.1 Å². The molecule has 0 bridgehead atoms. The Morgan fingerprint density at radius 3 is 2.37 bits per heavy atom. The van der Waals surface area contributed by atoms with Crippen molar-refractivity contribution in [3.8, 4) is 5.75 Å². The van der Waals surface area contributed by atoms with Crippen molar-refractivity contribution in [3.63, 3.8) is 0 Å². The molecule has 2 N–H and O–H groups in total. The predicted molar refractivity (Wildman–Crippen MR) is 153 cm³/mol. The van der Waals surface area contributed by atoms with Gasteiger partial charge in [0.1, 0.15) is 11.6 Å². The summed E-state index contributed by atoms with van der Waals surface area (Å²) in [7, 11) is 0. The molecular weight excluding hydrogens is 531 g/mol. The van der Waals surface area contributed by atoms with Crippen LogP contribution in [-0.2, 0) is 33.4 Å². The van der Waals surface area contributed by atoms with Crippen molar-refractivity contribution in [2.45, 2.75) is 90.7 Å². The minimum Gasteiger partial charge on any atom is -0.432 e. The smallest absolute Gasteiger partial charge is 0.402 e. The number of hydrogen-bond acceptors (Lipinski definition) is 3. The van der Waals surface area contributed by atoms with Crippen LogP contribution >= 0.6 is 0 Å². The lowest BCUT2D eigenvalue weighted by atomic mass is 9.92. The van der Waals surface area contributed by atoms with Crippen LogP contribution in [0.3, 0.4) is 0 Å². The number of hydrogen-bond donors (Lipinski definition) is 2. The van der Waals surface area contributed by atoms with E-state index >= 15 is 4.39 Å². The number of carbonyl (C=O) groups is 2. The largest absolute Gasteiger partial charge is 0.432 e. The molecule has 2 amide bonds. The molecule has 2 aliphatic rings. The van der Waals surface area contributed by atoms with Gasteiger partial charge in [-0.25, -0.2) is 4.39 Å². The molecule has 2 aromatic carbocycles. The highest BCUT2D eigenvalue weighted by atomic mass is 19.3. The summed E-state index contributed by atoms with van der Waals surface area (Å²) in [6.07, 6.45) is -2.27. The van der Waals surface area contributed by atoms with Crippen molar-refractivity contribution in [3.05, 3.63) is 59.0 Å². The number of benzene rings is 2. The lowest BCUT2D eigenvalue weighted by Crippen LogP contribution is -2.31. The molecule has 0 saturated heterocycles. The third kappa shape index (κ3) is 5.95. The van der Waals surface area contributed by atoms with Crippen molar-refractivity contribution in [1.82, 2.24) is 9.88 Å². The summed E-state index contributed by atoms with van der Waals surface area (Å²) in [5.74, 6) is -0.891. The van der Waals surface area contributed by atoms with E-state index in [0.717, 1.165) is 11.1 Å². The van der Waals surface area contributed by atoms with E-state index in [4.69, 9.17) is 4.74 Å². The van der Waals surface area contributed by atoms with Crippen LogP contribution in [0.15, 0.2) is 36.4 Å². The lowest BCUT2D eigenvalue weighted by molar-refractivity contribution is -0.159. The molecule has 0 spiro atoms. The number of nitrogens with zero attached hydrogens (tertiary/aromatic N) is 1. The number of amides is 2. The van der Waals surface area contributed by atoms with Crippen LogP contribution in [0.4, 0.5) is 18.9 Å².